The molecule has 70 valence electrons. The van der Waals surface area contributed by atoms with Crippen LogP contribution in [0.25, 0.3) is 0 Å². The van der Waals surface area contributed by atoms with Crippen LogP contribution in [0, 0.1) is 0 Å². The van der Waals surface area contributed by atoms with Crippen molar-refractivity contribution < 1.29 is 13.6 Å². The van der Waals surface area contributed by atoms with E-state index in [-0.39, 0.29) is 6.04 Å². The summed E-state index contributed by atoms with van der Waals surface area (Å²) in [7, 11) is 1.46. The summed E-state index contributed by atoms with van der Waals surface area (Å²) in [5, 5.41) is 0. The largest absolute Gasteiger partial charge is 0.338 e. The van der Waals surface area contributed by atoms with Crippen molar-refractivity contribution in [1.29, 1.82) is 0 Å². The first-order valence-electron chi connectivity index (χ1n) is 4.17. The van der Waals surface area contributed by atoms with Crippen molar-refractivity contribution in [3.8, 4) is 0 Å². The maximum absolute atomic E-state index is 11.9. The van der Waals surface area contributed by atoms with Gasteiger partial charge >= 0.3 is 6.43 Å². The quantitative estimate of drug-likeness (QED) is 0.628. The molecule has 1 amide bonds. The lowest BCUT2D eigenvalue weighted by molar-refractivity contribution is -0.143. The molecule has 0 unspecified atom stereocenters. The lowest BCUT2D eigenvalue weighted by Crippen LogP contribution is -2.38. The van der Waals surface area contributed by atoms with E-state index in [1.807, 2.05) is 0 Å². The van der Waals surface area contributed by atoms with Crippen molar-refractivity contribution >= 4 is 5.91 Å². The van der Waals surface area contributed by atoms with Gasteiger partial charge in [-0.2, -0.15) is 8.78 Å². The van der Waals surface area contributed by atoms with E-state index in [4.69, 9.17) is 0 Å². The molecule has 0 radical (unpaired) electrons. The van der Waals surface area contributed by atoms with Crippen LogP contribution in [0.3, 0.4) is 0 Å². The number of amides is 1. The Bertz CT molecular complexity index is 166. The van der Waals surface area contributed by atoms with Gasteiger partial charge in [0, 0.05) is 13.1 Å². The highest BCUT2D eigenvalue weighted by Gasteiger charge is 2.28. The van der Waals surface area contributed by atoms with Crippen molar-refractivity contribution in [3.63, 3.8) is 0 Å². The van der Waals surface area contributed by atoms with Gasteiger partial charge in [0.2, 0.25) is 0 Å². The first-order chi connectivity index (χ1) is 5.63. The van der Waals surface area contributed by atoms with Crippen molar-refractivity contribution in [2.24, 2.45) is 0 Å². The lowest BCUT2D eigenvalue weighted by atomic mass is 10.2. The molecule has 0 aromatic carbocycles. The molecule has 1 rings (SSSR count). The number of hydrogen-bond acceptors (Lipinski definition) is 1. The Morgan fingerprint density at radius 3 is 2.33 bits per heavy atom. The fourth-order valence-electron chi connectivity index (χ4n) is 1.63. The molecule has 0 atom stereocenters. The van der Waals surface area contributed by atoms with Crippen molar-refractivity contribution in [1.82, 2.24) is 4.90 Å². The van der Waals surface area contributed by atoms with Crippen LogP contribution in [-0.4, -0.2) is 30.3 Å². The smallest absolute Gasteiger partial charge is 0.315 e. The highest BCUT2D eigenvalue weighted by atomic mass is 19.3. The molecule has 1 aliphatic rings. The maximum atomic E-state index is 11.9. The molecule has 1 fully saturated rings. The Balaban J connectivity index is 2.45. The monoisotopic (exact) mass is 177 g/mol. The second-order valence-corrected chi connectivity index (χ2v) is 3.19. The molecular weight excluding hydrogens is 164 g/mol. The van der Waals surface area contributed by atoms with Crippen LogP contribution in [-0.2, 0) is 4.79 Å². The summed E-state index contributed by atoms with van der Waals surface area (Å²) in [4.78, 5) is 12.0. The van der Waals surface area contributed by atoms with Crippen LogP contribution in [0.1, 0.15) is 25.7 Å². The zero-order chi connectivity index (χ0) is 9.14. The van der Waals surface area contributed by atoms with Crippen molar-refractivity contribution in [2.75, 3.05) is 7.05 Å². The van der Waals surface area contributed by atoms with E-state index < -0.39 is 12.3 Å². The molecule has 2 nitrogen and oxygen atoms in total. The van der Waals surface area contributed by atoms with E-state index in [0.29, 0.717) is 0 Å². The molecule has 4 heteroatoms. The van der Waals surface area contributed by atoms with E-state index in [9.17, 15) is 13.6 Å². The number of carbonyl (C=O) groups is 1. The average molecular weight is 177 g/mol. The highest BCUT2D eigenvalue weighted by molar-refractivity contribution is 5.79. The van der Waals surface area contributed by atoms with E-state index in [2.05, 4.69) is 0 Å². The van der Waals surface area contributed by atoms with Crippen LogP contribution >= 0.6 is 0 Å². The third kappa shape index (κ3) is 1.93. The molecule has 0 aromatic rings. The summed E-state index contributed by atoms with van der Waals surface area (Å²) in [6.45, 7) is 0. The fraction of sp³-hybridized carbons (Fsp3) is 0.875. The second-order valence-electron chi connectivity index (χ2n) is 3.19. The Morgan fingerprint density at radius 1 is 1.42 bits per heavy atom. The highest BCUT2D eigenvalue weighted by Crippen LogP contribution is 2.23. The SMILES string of the molecule is CN(C(=O)C(F)F)C1CCCC1. The molecule has 1 saturated carbocycles. The number of rotatable bonds is 2. The molecule has 0 bridgehead atoms. The van der Waals surface area contributed by atoms with Gasteiger partial charge in [-0.1, -0.05) is 12.8 Å². The maximum Gasteiger partial charge on any atom is 0.315 e. The summed E-state index contributed by atoms with van der Waals surface area (Å²) in [6, 6.07) is 0.0477. The van der Waals surface area contributed by atoms with Gasteiger partial charge < -0.3 is 4.90 Å². The summed E-state index contributed by atoms with van der Waals surface area (Å²) < 4.78 is 23.9. The van der Waals surface area contributed by atoms with Gasteiger partial charge in [-0.15, -0.1) is 0 Å². The number of nitrogens with zero attached hydrogens (tertiary/aromatic N) is 1. The minimum atomic E-state index is -2.85. The Morgan fingerprint density at radius 2 is 1.92 bits per heavy atom. The summed E-state index contributed by atoms with van der Waals surface area (Å²) in [6.07, 6.45) is 0.983. The van der Waals surface area contributed by atoms with Crippen LogP contribution < -0.4 is 0 Å². The average Bonchev–Trinajstić information content (AvgIpc) is 2.53. The van der Waals surface area contributed by atoms with Crippen LogP contribution in [0.5, 0.6) is 0 Å². The normalized spacial score (nSPS) is 18.7. The lowest BCUT2D eigenvalue weighted by Gasteiger charge is -2.23. The number of hydrogen-bond donors (Lipinski definition) is 0. The Hall–Kier alpha value is -0.670. The number of alkyl halides is 2. The van der Waals surface area contributed by atoms with Crippen LogP contribution in [0.4, 0.5) is 8.78 Å². The molecule has 12 heavy (non-hydrogen) atoms. The molecule has 0 saturated heterocycles. The predicted octanol–water partition coefficient (Wildman–Crippen LogP) is 1.65. The van der Waals surface area contributed by atoms with Gasteiger partial charge in [-0.25, -0.2) is 0 Å². The van der Waals surface area contributed by atoms with Crippen molar-refractivity contribution in [3.05, 3.63) is 0 Å². The molecule has 0 spiro atoms. The van der Waals surface area contributed by atoms with E-state index in [1.165, 1.54) is 11.9 Å². The van der Waals surface area contributed by atoms with Gasteiger partial charge in [0.15, 0.2) is 0 Å². The molecule has 0 aliphatic heterocycles. The zero-order valence-electron chi connectivity index (χ0n) is 7.09. The summed E-state index contributed by atoms with van der Waals surface area (Å²) in [5.41, 5.74) is 0. The molecule has 0 heterocycles. The van der Waals surface area contributed by atoms with Gasteiger partial charge in [-0.05, 0) is 12.8 Å². The molecule has 0 N–H and O–H groups in total. The minimum Gasteiger partial charge on any atom is -0.338 e. The predicted molar refractivity (Wildman–Crippen MR) is 41.0 cm³/mol. The topological polar surface area (TPSA) is 20.3 Å². The third-order valence-corrected chi connectivity index (χ3v) is 2.41. The summed E-state index contributed by atoms with van der Waals surface area (Å²) in [5.74, 6) is -1.04. The van der Waals surface area contributed by atoms with Gasteiger partial charge in [0.25, 0.3) is 5.91 Å². The first-order valence-corrected chi connectivity index (χ1v) is 4.17. The standard InChI is InChI=1S/C8H13F2NO/c1-11(8(12)7(9)10)6-4-2-3-5-6/h6-7H,2-5H2,1H3. The third-order valence-electron chi connectivity index (χ3n) is 2.41. The summed E-state index contributed by atoms with van der Waals surface area (Å²) >= 11 is 0. The van der Waals surface area contributed by atoms with Gasteiger partial charge in [0.1, 0.15) is 0 Å². The Kier molecular flexibility index (Phi) is 3.00. The first kappa shape index (κ1) is 9.42. The molecular formula is C8H13F2NO. The zero-order valence-corrected chi connectivity index (χ0v) is 7.09. The van der Waals surface area contributed by atoms with Gasteiger partial charge in [-0.3, -0.25) is 4.79 Å². The number of halogens is 2. The van der Waals surface area contributed by atoms with Crippen LogP contribution in [0.2, 0.25) is 0 Å². The van der Waals surface area contributed by atoms with Crippen LogP contribution in [0.15, 0.2) is 0 Å². The second kappa shape index (κ2) is 3.83. The van der Waals surface area contributed by atoms with E-state index in [1.54, 1.807) is 0 Å². The fourth-order valence-corrected chi connectivity index (χ4v) is 1.63. The Labute approximate surface area is 70.5 Å². The van der Waals surface area contributed by atoms with Gasteiger partial charge in [0.05, 0.1) is 0 Å². The molecule has 1 aliphatic carbocycles. The minimum absolute atomic E-state index is 0.0477. The number of carbonyl (C=O) groups excluding carboxylic acids is 1. The molecule has 0 aromatic heterocycles. The van der Waals surface area contributed by atoms with E-state index >= 15 is 0 Å². The van der Waals surface area contributed by atoms with E-state index in [0.717, 1.165) is 25.7 Å². The van der Waals surface area contributed by atoms with Crippen molar-refractivity contribution in [2.45, 2.75) is 38.2 Å².